The van der Waals surface area contributed by atoms with Gasteiger partial charge < -0.3 is 10.2 Å². The minimum atomic E-state index is 0.311. The Bertz CT molecular complexity index is 1220. The van der Waals surface area contributed by atoms with Gasteiger partial charge >= 0.3 is 0 Å². The monoisotopic (exact) mass is 478 g/mol. The van der Waals surface area contributed by atoms with Crippen LogP contribution in [0.3, 0.4) is 0 Å². The van der Waals surface area contributed by atoms with Crippen LogP contribution >= 0.6 is 23.2 Å². The zero-order valence-corrected chi connectivity index (χ0v) is 20.6. The van der Waals surface area contributed by atoms with Gasteiger partial charge in [-0.1, -0.05) is 83.9 Å². The average Bonchev–Trinajstić information content (AvgIpc) is 2.82. The van der Waals surface area contributed by atoms with Crippen LogP contribution in [-0.2, 0) is 12.8 Å². The van der Waals surface area contributed by atoms with Crippen LogP contribution in [0.4, 0.5) is 0 Å². The van der Waals surface area contributed by atoms with Crippen molar-refractivity contribution in [2.24, 2.45) is 0 Å². The molecule has 0 aliphatic rings. The number of aryl methyl sites for hydroxylation is 1. The third-order valence-electron chi connectivity index (χ3n) is 5.75. The van der Waals surface area contributed by atoms with Crippen LogP contribution in [0.5, 0.6) is 11.5 Å². The molecule has 2 N–H and O–H groups in total. The van der Waals surface area contributed by atoms with Crippen LogP contribution in [0, 0.1) is 20.8 Å². The van der Waals surface area contributed by atoms with Crippen molar-refractivity contribution in [3.8, 4) is 11.5 Å². The highest BCUT2D eigenvalue weighted by atomic mass is 35.5. The molecule has 0 fully saturated rings. The molecular formula is C29H28Cl2O2. The van der Waals surface area contributed by atoms with Crippen LogP contribution in [0.2, 0.25) is 10.0 Å². The van der Waals surface area contributed by atoms with Gasteiger partial charge in [0.2, 0.25) is 0 Å². The Kier molecular flexibility index (Phi) is 8.43. The lowest BCUT2D eigenvalue weighted by Crippen LogP contribution is -1.95. The summed E-state index contributed by atoms with van der Waals surface area (Å²) < 4.78 is 0. The number of hydrogen-bond acceptors (Lipinski definition) is 2. The second kappa shape index (κ2) is 11.3. The van der Waals surface area contributed by atoms with Crippen LogP contribution in [-0.4, -0.2) is 10.2 Å². The fourth-order valence-corrected chi connectivity index (χ4v) is 4.08. The lowest BCUT2D eigenvalue weighted by molar-refractivity contribution is 0.468. The molecule has 33 heavy (non-hydrogen) atoms. The molecule has 0 saturated carbocycles. The van der Waals surface area contributed by atoms with Gasteiger partial charge in [-0.25, -0.2) is 0 Å². The number of hydrogen-bond donors (Lipinski definition) is 2. The molecule has 0 saturated heterocycles. The zero-order chi connectivity index (χ0) is 24.0. The average molecular weight is 479 g/mol. The van der Waals surface area contributed by atoms with Crippen molar-refractivity contribution in [3.63, 3.8) is 0 Å². The van der Waals surface area contributed by atoms with E-state index in [-0.39, 0.29) is 0 Å². The first-order valence-corrected chi connectivity index (χ1v) is 11.6. The minimum Gasteiger partial charge on any atom is -0.508 e. The van der Waals surface area contributed by atoms with Crippen molar-refractivity contribution in [1.82, 2.24) is 0 Å². The summed E-state index contributed by atoms with van der Waals surface area (Å²) in [5.41, 5.74) is 6.98. The van der Waals surface area contributed by atoms with Crippen molar-refractivity contribution in [2.45, 2.75) is 33.6 Å². The molecule has 0 aromatic heterocycles. The first-order chi connectivity index (χ1) is 15.8. The number of aromatic hydroxyl groups is 2. The summed E-state index contributed by atoms with van der Waals surface area (Å²) in [6, 6.07) is 25.2. The molecule has 4 rings (SSSR count). The van der Waals surface area contributed by atoms with Gasteiger partial charge in [0.1, 0.15) is 11.5 Å². The molecule has 0 heterocycles. The second-order valence-corrected chi connectivity index (χ2v) is 8.91. The Morgan fingerprint density at radius 3 is 1.61 bits per heavy atom. The maximum atomic E-state index is 10.00. The zero-order valence-electron chi connectivity index (χ0n) is 19.1. The van der Waals surface area contributed by atoms with Crippen molar-refractivity contribution < 1.29 is 10.2 Å². The number of benzene rings is 4. The fourth-order valence-electron chi connectivity index (χ4n) is 3.74. The van der Waals surface area contributed by atoms with Gasteiger partial charge in [0, 0.05) is 34.0 Å². The van der Waals surface area contributed by atoms with Crippen LogP contribution < -0.4 is 0 Å². The normalized spacial score (nSPS) is 10.5. The Balaban J connectivity index is 0.000000186. The lowest BCUT2D eigenvalue weighted by Gasteiger charge is -2.12. The van der Waals surface area contributed by atoms with Gasteiger partial charge in [-0.3, -0.25) is 0 Å². The molecule has 0 unspecified atom stereocenters. The predicted octanol–water partition coefficient (Wildman–Crippen LogP) is 8.20. The van der Waals surface area contributed by atoms with Gasteiger partial charge in [0.05, 0.1) is 0 Å². The Morgan fingerprint density at radius 2 is 1.09 bits per heavy atom. The van der Waals surface area contributed by atoms with Gasteiger partial charge in [-0.2, -0.15) is 0 Å². The van der Waals surface area contributed by atoms with E-state index in [4.69, 9.17) is 23.2 Å². The quantitative estimate of drug-likeness (QED) is 0.310. The van der Waals surface area contributed by atoms with Gasteiger partial charge in [-0.05, 0) is 66.8 Å². The highest BCUT2D eigenvalue weighted by molar-refractivity contribution is 6.32. The lowest BCUT2D eigenvalue weighted by atomic mass is 9.97. The van der Waals surface area contributed by atoms with E-state index in [1.54, 1.807) is 18.2 Å². The largest absolute Gasteiger partial charge is 0.508 e. The van der Waals surface area contributed by atoms with Gasteiger partial charge in [0.15, 0.2) is 0 Å². The summed E-state index contributed by atoms with van der Waals surface area (Å²) in [5.74, 6) is 0.638. The summed E-state index contributed by atoms with van der Waals surface area (Å²) in [4.78, 5) is 0. The number of phenolic OH excluding ortho intramolecular Hbond substituents is 2. The molecule has 0 radical (unpaired) electrons. The molecule has 0 aliphatic carbocycles. The Morgan fingerprint density at radius 1 is 0.606 bits per heavy atom. The maximum absolute atomic E-state index is 10.00. The van der Waals surface area contributed by atoms with E-state index in [2.05, 4.69) is 0 Å². The van der Waals surface area contributed by atoms with Crippen LogP contribution in [0.1, 0.15) is 38.9 Å². The number of halogens is 2. The molecule has 0 atom stereocenters. The van der Waals surface area contributed by atoms with Crippen LogP contribution in [0.15, 0.2) is 78.9 Å². The maximum Gasteiger partial charge on any atom is 0.119 e. The van der Waals surface area contributed by atoms with Crippen molar-refractivity contribution >= 4 is 23.2 Å². The Labute approximate surface area is 206 Å². The van der Waals surface area contributed by atoms with Crippen molar-refractivity contribution in [3.05, 3.63) is 128 Å². The molecule has 0 spiro atoms. The summed E-state index contributed by atoms with van der Waals surface area (Å²) in [6.07, 6.45) is 1.41. The molecule has 0 aliphatic heterocycles. The second-order valence-electron chi connectivity index (χ2n) is 8.12. The fraction of sp³-hybridized carbons (Fsp3) is 0.172. The number of phenols is 2. The summed E-state index contributed by atoms with van der Waals surface area (Å²) in [6.45, 7) is 5.79. The molecule has 0 bridgehead atoms. The highest BCUT2D eigenvalue weighted by Gasteiger charge is 2.12. The van der Waals surface area contributed by atoms with Gasteiger partial charge in [0.25, 0.3) is 0 Å². The van der Waals surface area contributed by atoms with E-state index in [1.807, 2.05) is 81.4 Å². The van der Waals surface area contributed by atoms with Crippen LogP contribution in [0.25, 0.3) is 0 Å². The predicted molar refractivity (Wildman–Crippen MR) is 139 cm³/mol. The van der Waals surface area contributed by atoms with E-state index >= 15 is 0 Å². The molecule has 4 heteroatoms. The molecular weight excluding hydrogens is 451 g/mol. The van der Waals surface area contributed by atoms with E-state index < -0.39 is 0 Å². The third kappa shape index (κ3) is 6.31. The summed E-state index contributed by atoms with van der Waals surface area (Å²) in [7, 11) is 0. The molecule has 4 aromatic carbocycles. The van der Waals surface area contributed by atoms with Crippen molar-refractivity contribution in [1.29, 1.82) is 0 Å². The Hall–Kier alpha value is -2.94. The summed E-state index contributed by atoms with van der Waals surface area (Å²) >= 11 is 12.3. The molecule has 170 valence electrons. The standard InChI is InChI=1S/C15H15ClO.C14H13ClO/c1-10-8-14(17)13(11(2)15(10)16)9-12-6-4-3-5-7-12;1-10-12(14(16)8-7-13(10)15)9-11-5-3-2-4-6-11/h3-8,17H,9H2,1-2H3;2-8,16H,9H2,1H3. The van der Waals surface area contributed by atoms with E-state index in [9.17, 15) is 10.2 Å². The first-order valence-electron chi connectivity index (χ1n) is 10.8. The SMILES string of the molecule is Cc1c(Cl)ccc(O)c1Cc1ccccc1.Cc1cc(O)c(Cc2ccccc2)c(C)c1Cl. The smallest absolute Gasteiger partial charge is 0.119 e. The summed E-state index contributed by atoms with van der Waals surface area (Å²) in [5, 5.41) is 21.3. The van der Waals surface area contributed by atoms with E-state index in [1.165, 1.54) is 11.1 Å². The molecule has 2 nitrogen and oxygen atoms in total. The highest BCUT2D eigenvalue weighted by Crippen LogP contribution is 2.32. The minimum absolute atomic E-state index is 0.311. The molecule has 0 amide bonds. The van der Waals surface area contributed by atoms with E-state index in [0.29, 0.717) is 29.4 Å². The topological polar surface area (TPSA) is 40.5 Å². The van der Waals surface area contributed by atoms with E-state index in [0.717, 1.165) is 32.8 Å². The molecule has 4 aromatic rings. The van der Waals surface area contributed by atoms with Crippen molar-refractivity contribution in [2.75, 3.05) is 0 Å². The first kappa shape index (κ1) is 24.7. The van der Waals surface area contributed by atoms with Gasteiger partial charge in [-0.15, -0.1) is 0 Å². The number of rotatable bonds is 4. The third-order valence-corrected chi connectivity index (χ3v) is 6.74.